The van der Waals surface area contributed by atoms with Gasteiger partial charge < -0.3 is 14.5 Å². The van der Waals surface area contributed by atoms with E-state index in [9.17, 15) is 10.1 Å². The number of fused-ring (bicyclic) bond motifs is 1. The van der Waals surface area contributed by atoms with Gasteiger partial charge in [0.2, 0.25) is 5.75 Å². The molecule has 0 atom stereocenters. The number of nitrogens with one attached hydrogen (secondary N) is 1. The van der Waals surface area contributed by atoms with E-state index >= 15 is 0 Å². The van der Waals surface area contributed by atoms with E-state index in [4.69, 9.17) is 9.47 Å². The van der Waals surface area contributed by atoms with Crippen molar-refractivity contribution in [1.29, 1.82) is 0 Å². The SMILES string of the molecule is Brc1ccc2cc[nH]c2c1Oc1ccccc1.O=[N+]([O-])c1cccc(Br)c1Oc1ccccc1. The quantitative estimate of drug-likeness (QED) is 0.166. The van der Waals surface area contributed by atoms with Crippen LogP contribution in [0.25, 0.3) is 10.9 Å². The summed E-state index contributed by atoms with van der Waals surface area (Å²) in [6.07, 6.45) is 1.91. The maximum absolute atomic E-state index is 10.9. The Balaban J connectivity index is 0.000000161. The number of nitrogens with zero attached hydrogens (tertiary/aromatic N) is 1. The monoisotopic (exact) mass is 580 g/mol. The van der Waals surface area contributed by atoms with Crippen LogP contribution in [0.5, 0.6) is 23.0 Å². The molecule has 0 amide bonds. The van der Waals surface area contributed by atoms with Crippen molar-refractivity contribution >= 4 is 48.5 Å². The number of hydrogen-bond donors (Lipinski definition) is 1. The van der Waals surface area contributed by atoms with Crippen LogP contribution in [-0.4, -0.2) is 9.91 Å². The third-order valence-electron chi connectivity index (χ3n) is 4.70. The first-order chi connectivity index (χ1) is 16.5. The molecule has 4 aromatic carbocycles. The first kappa shape index (κ1) is 23.5. The lowest BCUT2D eigenvalue weighted by Gasteiger charge is -2.08. The van der Waals surface area contributed by atoms with E-state index in [1.165, 1.54) is 6.07 Å². The molecule has 5 rings (SSSR count). The third-order valence-corrected chi connectivity index (χ3v) is 5.95. The normalized spacial score (nSPS) is 10.3. The van der Waals surface area contributed by atoms with Crippen molar-refractivity contribution in [3.05, 3.63) is 122 Å². The fourth-order valence-electron chi connectivity index (χ4n) is 3.13. The molecule has 1 N–H and O–H groups in total. The zero-order chi connectivity index (χ0) is 23.9. The molecule has 170 valence electrons. The molecule has 8 heteroatoms. The van der Waals surface area contributed by atoms with Crippen LogP contribution in [0.2, 0.25) is 0 Å². The summed E-state index contributed by atoms with van der Waals surface area (Å²) in [4.78, 5) is 13.6. The van der Waals surface area contributed by atoms with Gasteiger partial charge in [-0.3, -0.25) is 10.1 Å². The van der Waals surface area contributed by atoms with Gasteiger partial charge in [-0.25, -0.2) is 0 Å². The minimum Gasteiger partial charge on any atom is -0.454 e. The van der Waals surface area contributed by atoms with Crippen LogP contribution in [0.3, 0.4) is 0 Å². The second-order valence-electron chi connectivity index (χ2n) is 6.99. The topological polar surface area (TPSA) is 77.4 Å². The number of halogens is 2. The van der Waals surface area contributed by atoms with Crippen molar-refractivity contribution in [3.63, 3.8) is 0 Å². The number of ether oxygens (including phenoxy) is 2. The van der Waals surface area contributed by atoms with E-state index in [0.717, 1.165) is 26.9 Å². The van der Waals surface area contributed by atoms with Crippen LogP contribution in [-0.2, 0) is 0 Å². The van der Waals surface area contributed by atoms with Crippen LogP contribution in [0.4, 0.5) is 5.69 Å². The number of rotatable bonds is 5. The molecule has 6 nitrogen and oxygen atoms in total. The maximum atomic E-state index is 10.9. The summed E-state index contributed by atoms with van der Waals surface area (Å²) in [5.74, 6) is 2.42. The lowest BCUT2D eigenvalue weighted by molar-refractivity contribution is -0.385. The number of aromatic nitrogens is 1. The van der Waals surface area contributed by atoms with E-state index in [1.807, 2.05) is 60.8 Å². The van der Waals surface area contributed by atoms with Crippen molar-refractivity contribution in [2.45, 2.75) is 0 Å². The molecule has 0 unspecified atom stereocenters. The number of para-hydroxylation sites is 3. The fourth-order valence-corrected chi connectivity index (χ4v) is 3.98. The van der Waals surface area contributed by atoms with Crippen LogP contribution in [0, 0.1) is 10.1 Å². The number of H-pyrrole nitrogens is 1. The van der Waals surface area contributed by atoms with E-state index in [2.05, 4.69) is 36.8 Å². The van der Waals surface area contributed by atoms with Gasteiger partial charge in [0, 0.05) is 17.6 Å². The molecule has 0 saturated heterocycles. The minimum atomic E-state index is -0.469. The maximum Gasteiger partial charge on any atom is 0.312 e. The smallest absolute Gasteiger partial charge is 0.312 e. The van der Waals surface area contributed by atoms with E-state index in [-0.39, 0.29) is 11.4 Å². The standard InChI is InChI=1S/C14H10BrNO.C12H8BrNO3/c15-12-7-6-10-8-9-16-13(10)14(12)17-11-4-2-1-3-5-11;13-10-7-4-8-11(14(15)16)12(10)17-9-5-2-1-3-6-9/h1-9,16H;1-8H. The number of aromatic amines is 1. The Morgan fingerprint density at radius 1 is 0.676 bits per heavy atom. The molecular weight excluding hydrogens is 564 g/mol. The van der Waals surface area contributed by atoms with Gasteiger partial charge in [-0.2, -0.15) is 0 Å². The number of nitro benzene ring substituents is 1. The second kappa shape index (κ2) is 11.0. The van der Waals surface area contributed by atoms with Gasteiger partial charge in [-0.15, -0.1) is 0 Å². The number of nitro groups is 1. The zero-order valence-corrected chi connectivity index (χ0v) is 20.8. The Morgan fingerprint density at radius 3 is 1.88 bits per heavy atom. The Hall–Kier alpha value is -3.62. The van der Waals surface area contributed by atoms with Crippen LogP contribution < -0.4 is 9.47 Å². The van der Waals surface area contributed by atoms with Crippen LogP contribution in [0.15, 0.2) is 112 Å². The van der Waals surface area contributed by atoms with Gasteiger partial charge >= 0.3 is 5.69 Å². The number of benzene rings is 4. The van der Waals surface area contributed by atoms with Gasteiger partial charge in [-0.1, -0.05) is 48.5 Å². The molecule has 0 spiro atoms. The molecule has 1 aromatic heterocycles. The molecule has 0 aliphatic heterocycles. The molecule has 0 aliphatic carbocycles. The molecule has 5 aromatic rings. The highest BCUT2D eigenvalue weighted by Gasteiger charge is 2.18. The summed E-state index contributed by atoms with van der Waals surface area (Å²) in [5, 5.41) is 12.0. The van der Waals surface area contributed by atoms with Crippen molar-refractivity contribution in [3.8, 4) is 23.0 Å². The van der Waals surface area contributed by atoms with Crippen molar-refractivity contribution in [2.75, 3.05) is 0 Å². The Bertz CT molecular complexity index is 1410. The highest BCUT2D eigenvalue weighted by atomic mass is 79.9. The first-order valence-electron chi connectivity index (χ1n) is 10.2. The summed E-state index contributed by atoms with van der Waals surface area (Å²) >= 11 is 6.76. The highest BCUT2D eigenvalue weighted by Crippen LogP contribution is 2.38. The minimum absolute atomic E-state index is 0.0665. The predicted molar refractivity (Wildman–Crippen MR) is 140 cm³/mol. The van der Waals surface area contributed by atoms with Crippen molar-refractivity contribution in [1.82, 2.24) is 4.98 Å². The Kier molecular flexibility index (Phi) is 7.61. The van der Waals surface area contributed by atoms with E-state index < -0.39 is 4.92 Å². The third kappa shape index (κ3) is 5.65. The molecule has 0 aliphatic rings. The van der Waals surface area contributed by atoms with Gasteiger partial charge in [0.15, 0.2) is 5.75 Å². The summed E-state index contributed by atoms with van der Waals surface area (Å²) in [6.45, 7) is 0. The van der Waals surface area contributed by atoms with Crippen molar-refractivity contribution in [2.24, 2.45) is 0 Å². The molecule has 0 radical (unpaired) electrons. The Morgan fingerprint density at radius 2 is 1.26 bits per heavy atom. The molecule has 0 fully saturated rings. The van der Waals surface area contributed by atoms with Crippen molar-refractivity contribution < 1.29 is 14.4 Å². The van der Waals surface area contributed by atoms with Gasteiger partial charge in [-0.05, 0) is 74.3 Å². The van der Waals surface area contributed by atoms with Gasteiger partial charge in [0.25, 0.3) is 0 Å². The molecular formula is C26H18Br2N2O4. The zero-order valence-electron chi connectivity index (χ0n) is 17.7. The molecule has 0 saturated carbocycles. The van der Waals surface area contributed by atoms with E-state index in [0.29, 0.717) is 10.2 Å². The summed E-state index contributed by atoms with van der Waals surface area (Å²) < 4.78 is 12.9. The largest absolute Gasteiger partial charge is 0.454 e. The summed E-state index contributed by atoms with van der Waals surface area (Å²) in [5.41, 5.74) is 0.937. The fraction of sp³-hybridized carbons (Fsp3) is 0. The average molecular weight is 582 g/mol. The lowest BCUT2D eigenvalue weighted by atomic mass is 10.2. The highest BCUT2D eigenvalue weighted by molar-refractivity contribution is 9.11. The first-order valence-corrected chi connectivity index (χ1v) is 11.8. The molecule has 1 heterocycles. The summed E-state index contributed by atoms with van der Waals surface area (Å²) in [7, 11) is 0. The van der Waals surface area contributed by atoms with Gasteiger partial charge in [0.05, 0.1) is 19.4 Å². The Labute approximate surface area is 212 Å². The number of hydrogen-bond acceptors (Lipinski definition) is 4. The summed E-state index contributed by atoms with van der Waals surface area (Å²) in [6, 6.07) is 29.5. The molecule has 0 bridgehead atoms. The predicted octanol–water partition coefficient (Wildman–Crippen LogP) is 8.87. The van der Waals surface area contributed by atoms with E-state index in [1.54, 1.807) is 36.4 Å². The van der Waals surface area contributed by atoms with Crippen LogP contribution >= 0.6 is 31.9 Å². The molecule has 34 heavy (non-hydrogen) atoms. The lowest BCUT2D eigenvalue weighted by Crippen LogP contribution is -1.94. The van der Waals surface area contributed by atoms with Gasteiger partial charge in [0.1, 0.15) is 11.5 Å². The second-order valence-corrected chi connectivity index (χ2v) is 8.70. The average Bonchev–Trinajstić information content (AvgIpc) is 3.33. The van der Waals surface area contributed by atoms with Crippen LogP contribution in [0.1, 0.15) is 0 Å².